The van der Waals surface area contributed by atoms with Gasteiger partial charge in [0.05, 0.1) is 13.0 Å². The lowest BCUT2D eigenvalue weighted by Crippen LogP contribution is -2.31. The highest BCUT2D eigenvalue weighted by atomic mass is 16.5. The minimum absolute atomic E-state index is 0.207. The lowest BCUT2D eigenvalue weighted by Gasteiger charge is -2.17. The molecule has 1 amide bonds. The predicted octanol–water partition coefficient (Wildman–Crippen LogP) is 2.14. The van der Waals surface area contributed by atoms with Gasteiger partial charge in [-0.2, -0.15) is 0 Å². The Kier molecular flexibility index (Phi) is 5.62. The van der Waals surface area contributed by atoms with E-state index in [1.165, 1.54) is 5.56 Å². The number of carbonyl (C=O) groups excluding carboxylic acids is 1. The molecule has 0 unspecified atom stereocenters. The molecule has 21 heavy (non-hydrogen) atoms. The van der Waals surface area contributed by atoms with Crippen molar-refractivity contribution in [2.75, 3.05) is 33.3 Å². The predicted molar refractivity (Wildman–Crippen MR) is 84.6 cm³/mol. The fourth-order valence-corrected chi connectivity index (χ4v) is 2.88. The Morgan fingerprint density at radius 3 is 2.95 bits per heavy atom. The van der Waals surface area contributed by atoms with E-state index in [0.29, 0.717) is 18.9 Å². The molecular formula is C17H26N2O2. The molecule has 1 aliphatic heterocycles. The fourth-order valence-electron chi connectivity index (χ4n) is 2.88. The molecule has 1 fully saturated rings. The van der Waals surface area contributed by atoms with Gasteiger partial charge in [-0.15, -0.1) is 0 Å². The quantitative estimate of drug-likeness (QED) is 0.873. The standard InChI is InChI=1S/C17H26N2O2/c1-13-4-5-16(14(2)10-13)21-9-7-17(20)19-8-6-15(12-19)11-18-3/h4-5,10,15,18H,6-9,11-12H2,1-3H3/t15-/m1/s1. The van der Waals surface area contributed by atoms with Crippen molar-refractivity contribution in [1.29, 1.82) is 0 Å². The zero-order valence-corrected chi connectivity index (χ0v) is 13.3. The van der Waals surface area contributed by atoms with Crippen LogP contribution in [0.4, 0.5) is 0 Å². The minimum Gasteiger partial charge on any atom is -0.493 e. The average molecular weight is 290 g/mol. The van der Waals surface area contributed by atoms with E-state index in [1.807, 2.05) is 31.0 Å². The number of hydrogen-bond donors (Lipinski definition) is 1. The summed E-state index contributed by atoms with van der Waals surface area (Å²) in [6, 6.07) is 6.11. The molecule has 4 heteroatoms. The molecule has 1 atom stereocenters. The number of amides is 1. The molecule has 0 aromatic heterocycles. The van der Waals surface area contributed by atoms with Gasteiger partial charge in [0.2, 0.25) is 5.91 Å². The molecule has 0 aliphatic carbocycles. The third kappa shape index (κ3) is 4.46. The van der Waals surface area contributed by atoms with E-state index in [0.717, 1.165) is 37.4 Å². The number of benzene rings is 1. The highest BCUT2D eigenvalue weighted by Gasteiger charge is 2.25. The Balaban J connectivity index is 1.74. The molecule has 0 radical (unpaired) electrons. The first-order valence-corrected chi connectivity index (χ1v) is 7.72. The monoisotopic (exact) mass is 290 g/mol. The summed E-state index contributed by atoms with van der Waals surface area (Å²) in [5.41, 5.74) is 2.35. The summed E-state index contributed by atoms with van der Waals surface area (Å²) in [6.07, 6.45) is 1.56. The van der Waals surface area contributed by atoms with Crippen molar-refractivity contribution in [3.63, 3.8) is 0 Å². The lowest BCUT2D eigenvalue weighted by atomic mass is 10.1. The number of aryl methyl sites for hydroxylation is 2. The zero-order chi connectivity index (χ0) is 15.2. The van der Waals surface area contributed by atoms with Crippen LogP contribution in [0, 0.1) is 19.8 Å². The summed E-state index contributed by atoms with van der Waals surface area (Å²) >= 11 is 0. The molecule has 0 bridgehead atoms. The van der Waals surface area contributed by atoms with Gasteiger partial charge >= 0.3 is 0 Å². The van der Waals surface area contributed by atoms with Gasteiger partial charge in [0.25, 0.3) is 0 Å². The van der Waals surface area contributed by atoms with Crippen LogP contribution in [0.3, 0.4) is 0 Å². The lowest BCUT2D eigenvalue weighted by molar-refractivity contribution is -0.130. The molecule has 1 N–H and O–H groups in total. The van der Waals surface area contributed by atoms with Crippen LogP contribution in [0.15, 0.2) is 18.2 Å². The molecule has 1 saturated heterocycles. The van der Waals surface area contributed by atoms with Crippen LogP contribution in [0.5, 0.6) is 5.75 Å². The molecule has 4 nitrogen and oxygen atoms in total. The average Bonchev–Trinajstić information content (AvgIpc) is 2.90. The summed E-state index contributed by atoms with van der Waals surface area (Å²) in [7, 11) is 1.96. The summed E-state index contributed by atoms with van der Waals surface area (Å²) in [5, 5.41) is 3.18. The maximum absolute atomic E-state index is 12.1. The summed E-state index contributed by atoms with van der Waals surface area (Å²) in [5.74, 6) is 1.68. The zero-order valence-electron chi connectivity index (χ0n) is 13.3. The van der Waals surface area contributed by atoms with Crippen molar-refractivity contribution < 1.29 is 9.53 Å². The third-order valence-corrected chi connectivity index (χ3v) is 4.04. The van der Waals surface area contributed by atoms with Crippen LogP contribution in [0.2, 0.25) is 0 Å². The third-order valence-electron chi connectivity index (χ3n) is 4.04. The molecule has 1 aliphatic rings. The number of ether oxygens (including phenoxy) is 1. The number of nitrogens with one attached hydrogen (secondary N) is 1. The molecule has 2 rings (SSSR count). The van der Waals surface area contributed by atoms with Crippen molar-refractivity contribution in [2.24, 2.45) is 5.92 Å². The van der Waals surface area contributed by atoms with Gasteiger partial charge in [-0.05, 0) is 51.4 Å². The molecule has 1 heterocycles. The minimum atomic E-state index is 0.207. The number of hydrogen-bond acceptors (Lipinski definition) is 3. The van der Waals surface area contributed by atoms with E-state index in [1.54, 1.807) is 0 Å². The topological polar surface area (TPSA) is 41.6 Å². The van der Waals surface area contributed by atoms with Gasteiger partial charge in [-0.3, -0.25) is 4.79 Å². The molecule has 1 aromatic carbocycles. The second kappa shape index (κ2) is 7.46. The fraction of sp³-hybridized carbons (Fsp3) is 0.588. The van der Waals surface area contributed by atoms with E-state index in [9.17, 15) is 4.79 Å². The first kappa shape index (κ1) is 15.8. The van der Waals surface area contributed by atoms with Crippen molar-refractivity contribution in [1.82, 2.24) is 10.2 Å². The van der Waals surface area contributed by atoms with Crippen molar-refractivity contribution in [3.8, 4) is 5.75 Å². The normalized spacial score (nSPS) is 18.0. The van der Waals surface area contributed by atoms with E-state index in [-0.39, 0.29) is 5.91 Å². The SMILES string of the molecule is CNC[C@H]1CCN(C(=O)CCOc2ccc(C)cc2C)C1. The molecule has 0 spiro atoms. The molecule has 116 valence electrons. The Morgan fingerprint density at radius 1 is 1.43 bits per heavy atom. The Labute approximate surface area is 127 Å². The van der Waals surface area contributed by atoms with Crippen LogP contribution >= 0.6 is 0 Å². The summed E-state index contributed by atoms with van der Waals surface area (Å²) in [6.45, 7) is 7.30. The Morgan fingerprint density at radius 2 is 2.24 bits per heavy atom. The summed E-state index contributed by atoms with van der Waals surface area (Å²) in [4.78, 5) is 14.1. The van der Waals surface area contributed by atoms with Gasteiger partial charge < -0.3 is 15.0 Å². The Hall–Kier alpha value is -1.55. The van der Waals surface area contributed by atoms with E-state index in [4.69, 9.17) is 4.74 Å². The van der Waals surface area contributed by atoms with Crippen LogP contribution in [0.1, 0.15) is 24.0 Å². The number of rotatable bonds is 6. The molecule has 0 saturated carbocycles. The van der Waals surface area contributed by atoms with Crippen molar-refractivity contribution in [3.05, 3.63) is 29.3 Å². The Bertz CT molecular complexity index is 488. The van der Waals surface area contributed by atoms with Gasteiger partial charge in [-0.25, -0.2) is 0 Å². The smallest absolute Gasteiger partial charge is 0.226 e. The largest absolute Gasteiger partial charge is 0.493 e. The van der Waals surface area contributed by atoms with Crippen LogP contribution in [0.25, 0.3) is 0 Å². The number of likely N-dealkylation sites (tertiary alicyclic amines) is 1. The maximum atomic E-state index is 12.1. The van der Waals surface area contributed by atoms with E-state index < -0.39 is 0 Å². The van der Waals surface area contributed by atoms with Crippen LogP contribution in [-0.2, 0) is 4.79 Å². The maximum Gasteiger partial charge on any atom is 0.226 e. The van der Waals surface area contributed by atoms with Crippen molar-refractivity contribution >= 4 is 5.91 Å². The highest BCUT2D eigenvalue weighted by Crippen LogP contribution is 2.20. The second-order valence-electron chi connectivity index (χ2n) is 5.92. The van der Waals surface area contributed by atoms with Gasteiger partial charge in [0.1, 0.15) is 5.75 Å². The number of nitrogens with zero attached hydrogens (tertiary/aromatic N) is 1. The van der Waals surface area contributed by atoms with Crippen LogP contribution < -0.4 is 10.1 Å². The molecular weight excluding hydrogens is 264 g/mol. The number of carbonyl (C=O) groups is 1. The second-order valence-corrected chi connectivity index (χ2v) is 5.92. The first-order chi connectivity index (χ1) is 10.1. The summed E-state index contributed by atoms with van der Waals surface area (Å²) < 4.78 is 5.74. The van der Waals surface area contributed by atoms with E-state index >= 15 is 0 Å². The van der Waals surface area contributed by atoms with E-state index in [2.05, 4.69) is 18.3 Å². The highest BCUT2D eigenvalue weighted by molar-refractivity contribution is 5.76. The van der Waals surface area contributed by atoms with Gasteiger partial charge in [0.15, 0.2) is 0 Å². The first-order valence-electron chi connectivity index (χ1n) is 7.72. The van der Waals surface area contributed by atoms with Gasteiger partial charge in [-0.1, -0.05) is 17.7 Å². The van der Waals surface area contributed by atoms with Crippen molar-refractivity contribution in [2.45, 2.75) is 26.7 Å². The van der Waals surface area contributed by atoms with Gasteiger partial charge in [0, 0.05) is 13.1 Å². The van der Waals surface area contributed by atoms with Crippen LogP contribution in [-0.4, -0.2) is 44.1 Å². The molecule has 1 aromatic rings.